The normalized spacial score (nSPS) is 29.5. The van der Waals surface area contributed by atoms with Crippen LogP contribution in [0, 0.1) is 0 Å². The quantitative estimate of drug-likeness (QED) is 0.857. The van der Waals surface area contributed by atoms with Crippen molar-refractivity contribution < 1.29 is 19.4 Å². The maximum atomic E-state index is 12.5. The molecule has 0 spiro atoms. The van der Waals surface area contributed by atoms with E-state index in [1.54, 1.807) is 11.1 Å². The second-order valence-electron chi connectivity index (χ2n) is 5.66. The lowest BCUT2D eigenvalue weighted by atomic mass is 9.94. The number of piperidine rings is 1. The number of aromatic nitrogens is 2. The Morgan fingerprint density at radius 2 is 2.14 bits per heavy atom. The van der Waals surface area contributed by atoms with E-state index in [0.29, 0.717) is 25.9 Å². The van der Waals surface area contributed by atoms with Crippen LogP contribution in [-0.4, -0.2) is 57.4 Å². The number of aromatic amines is 1. The number of carboxylic acids is 1. The van der Waals surface area contributed by atoms with Crippen LogP contribution >= 0.6 is 0 Å². The number of ether oxygens (including phenoxy) is 1. The molecular formula is C14H19N3O4. The standard InChI is InChI=1S/C14H19N3O4/c18-13(11-3-4-12(21-11)14(19)20)17-7-1-2-9(8-17)10-5-6-15-16-10/h5-6,9,11-12H,1-4,7-8H2,(H,15,16)(H,19,20)/t9?,11-,12+/m0/s1. The van der Waals surface area contributed by atoms with E-state index in [1.165, 1.54) is 0 Å². The van der Waals surface area contributed by atoms with Crippen molar-refractivity contribution in [1.82, 2.24) is 15.1 Å². The summed E-state index contributed by atoms with van der Waals surface area (Å²) in [6, 6.07) is 1.94. The molecule has 3 heterocycles. The third-order valence-corrected chi connectivity index (χ3v) is 4.27. The lowest BCUT2D eigenvalue weighted by molar-refractivity contribution is -0.155. The highest BCUT2D eigenvalue weighted by Gasteiger charge is 2.38. The van der Waals surface area contributed by atoms with Crippen LogP contribution in [0.5, 0.6) is 0 Å². The highest BCUT2D eigenvalue weighted by atomic mass is 16.5. The first kappa shape index (κ1) is 14.1. The first-order valence-corrected chi connectivity index (χ1v) is 7.31. The molecular weight excluding hydrogens is 274 g/mol. The van der Waals surface area contributed by atoms with Crippen molar-refractivity contribution in [3.63, 3.8) is 0 Å². The summed E-state index contributed by atoms with van der Waals surface area (Å²) in [5.74, 6) is -0.802. The fraction of sp³-hybridized carbons (Fsp3) is 0.643. The maximum Gasteiger partial charge on any atom is 0.332 e. The zero-order valence-electron chi connectivity index (χ0n) is 11.7. The SMILES string of the molecule is O=C(O)[C@H]1CC[C@@H](C(=O)N2CCCC(c3ccn[nH]3)C2)O1. The Kier molecular flexibility index (Phi) is 3.92. The molecule has 1 aromatic heterocycles. The average molecular weight is 293 g/mol. The number of amides is 1. The second kappa shape index (κ2) is 5.85. The molecule has 2 aliphatic heterocycles. The van der Waals surface area contributed by atoms with Gasteiger partial charge in [0.25, 0.3) is 5.91 Å². The summed E-state index contributed by atoms with van der Waals surface area (Å²) in [4.78, 5) is 25.2. The second-order valence-corrected chi connectivity index (χ2v) is 5.66. The maximum absolute atomic E-state index is 12.5. The van der Waals surface area contributed by atoms with Crippen LogP contribution in [-0.2, 0) is 14.3 Å². The topological polar surface area (TPSA) is 95.5 Å². The fourth-order valence-electron chi connectivity index (χ4n) is 3.13. The van der Waals surface area contributed by atoms with Crippen LogP contribution in [0.3, 0.4) is 0 Å². The molecule has 114 valence electrons. The predicted molar refractivity (Wildman–Crippen MR) is 72.7 cm³/mol. The molecule has 2 aliphatic rings. The van der Waals surface area contributed by atoms with Gasteiger partial charge in [0.15, 0.2) is 6.10 Å². The van der Waals surface area contributed by atoms with E-state index in [-0.39, 0.29) is 11.8 Å². The molecule has 21 heavy (non-hydrogen) atoms. The molecule has 1 unspecified atom stereocenters. The zero-order valence-corrected chi connectivity index (χ0v) is 11.7. The third-order valence-electron chi connectivity index (χ3n) is 4.27. The lowest BCUT2D eigenvalue weighted by Crippen LogP contribution is -2.44. The van der Waals surface area contributed by atoms with Crippen LogP contribution in [0.2, 0.25) is 0 Å². The first-order valence-electron chi connectivity index (χ1n) is 7.31. The van der Waals surface area contributed by atoms with Crippen LogP contribution in [0.25, 0.3) is 0 Å². The Morgan fingerprint density at radius 3 is 2.81 bits per heavy atom. The van der Waals surface area contributed by atoms with Gasteiger partial charge in [-0.25, -0.2) is 4.79 Å². The zero-order chi connectivity index (χ0) is 14.8. The van der Waals surface area contributed by atoms with Crippen molar-refractivity contribution in [2.24, 2.45) is 0 Å². The molecule has 2 saturated heterocycles. The van der Waals surface area contributed by atoms with Gasteiger partial charge in [0.1, 0.15) is 6.10 Å². The monoisotopic (exact) mass is 293 g/mol. The third kappa shape index (κ3) is 2.92. The van der Waals surface area contributed by atoms with Crippen molar-refractivity contribution in [3.8, 4) is 0 Å². The average Bonchev–Trinajstić information content (AvgIpc) is 3.18. The van der Waals surface area contributed by atoms with Crippen molar-refractivity contribution in [3.05, 3.63) is 18.0 Å². The number of carbonyl (C=O) groups is 2. The molecule has 0 radical (unpaired) electrons. The van der Waals surface area contributed by atoms with E-state index in [1.807, 2.05) is 6.07 Å². The van der Waals surface area contributed by atoms with Gasteiger partial charge in [-0.05, 0) is 31.7 Å². The number of aliphatic carboxylic acids is 1. The van der Waals surface area contributed by atoms with Crippen molar-refractivity contribution in [2.75, 3.05) is 13.1 Å². The number of hydrogen-bond donors (Lipinski definition) is 2. The number of H-pyrrole nitrogens is 1. The van der Waals surface area contributed by atoms with E-state index in [4.69, 9.17) is 9.84 Å². The highest BCUT2D eigenvalue weighted by molar-refractivity contribution is 5.82. The summed E-state index contributed by atoms with van der Waals surface area (Å²) >= 11 is 0. The molecule has 0 bridgehead atoms. The Balaban J connectivity index is 1.61. The van der Waals surface area contributed by atoms with Crippen molar-refractivity contribution in [1.29, 1.82) is 0 Å². The molecule has 7 nitrogen and oxygen atoms in total. The van der Waals surface area contributed by atoms with Crippen LogP contribution in [0.1, 0.15) is 37.3 Å². The summed E-state index contributed by atoms with van der Waals surface area (Å²) in [5.41, 5.74) is 1.04. The molecule has 2 fully saturated rings. The van der Waals surface area contributed by atoms with Gasteiger partial charge in [0.05, 0.1) is 0 Å². The van der Waals surface area contributed by atoms with Crippen LogP contribution in [0.4, 0.5) is 0 Å². The molecule has 3 rings (SSSR count). The minimum atomic E-state index is -0.987. The van der Waals surface area contributed by atoms with Gasteiger partial charge in [-0.3, -0.25) is 9.89 Å². The molecule has 2 N–H and O–H groups in total. The number of nitrogens with one attached hydrogen (secondary N) is 1. The van der Waals surface area contributed by atoms with Gasteiger partial charge < -0.3 is 14.7 Å². The van der Waals surface area contributed by atoms with E-state index in [9.17, 15) is 9.59 Å². The van der Waals surface area contributed by atoms with Crippen LogP contribution < -0.4 is 0 Å². The van der Waals surface area contributed by atoms with Gasteiger partial charge in [-0.2, -0.15) is 5.10 Å². The summed E-state index contributed by atoms with van der Waals surface area (Å²) in [6.07, 6.45) is 3.12. The Labute approximate surface area is 122 Å². The number of nitrogens with zero attached hydrogens (tertiary/aromatic N) is 2. The molecule has 3 atom stereocenters. The Bertz CT molecular complexity index is 516. The Morgan fingerprint density at radius 1 is 1.33 bits per heavy atom. The number of carbonyl (C=O) groups excluding carboxylic acids is 1. The van der Waals surface area contributed by atoms with E-state index < -0.39 is 18.2 Å². The largest absolute Gasteiger partial charge is 0.479 e. The van der Waals surface area contributed by atoms with Gasteiger partial charge in [0.2, 0.25) is 0 Å². The molecule has 0 aliphatic carbocycles. The van der Waals surface area contributed by atoms with Gasteiger partial charge >= 0.3 is 5.97 Å². The minimum absolute atomic E-state index is 0.0806. The summed E-state index contributed by atoms with van der Waals surface area (Å²) in [5, 5.41) is 15.8. The first-order chi connectivity index (χ1) is 10.1. The Hall–Kier alpha value is -1.89. The number of carboxylic acid groups (broad SMARTS) is 1. The molecule has 0 aromatic carbocycles. The minimum Gasteiger partial charge on any atom is -0.479 e. The highest BCUT2D eigenvalue weighted by Crippen LogP contribution is 2.28. The molecule has 1 amide bonds. The summed E-state index contributed by atoms with van der Waals surface area (Å²) < 4.78 is 5.35. The van der Waals surface area contributed by atoms with Crippen molar-refractivity contribution in [2.45, 2.75) is 43.8 Å². The smallest absolute Gasteiger partial charge is 0.332 e. The van der Waals surface area contributed by atoms with Crippen molar-refractivity contribution >= 4 is 11.9 Å². The molecule has 7 heteroatoms. The van der Waals surface area contributed by atoms with E-state index in [0.717, 1.165) is 18.5 Å². The van der Waals surface area contributed by atoms with Gasteiger partial charge in [-0.15, -0.1) is 0 Å². The van der Waals surface area contributed by atoms with Gasteiger partial charge in [0, 0.05) is 30.9 Å². The van der Waals surface area contributed by atoms with Crippen LogP contribution in [0.15, 0.2) is 12.3 Å². The number of rotatable bonds is 3. The number of hydrogen-bond acceptors (Lipinski definition) is 4. The van der Waals surface area contributed by atoms with E-state index in [2.05, 4.69) is 10.2 Å². The summed E-state index contributed by atoms with van der Waals surface area (Å²) in [7, 11) is 0. The lowest BCUT2D eigenvalue weighted by Gasteiger charge is -2.33. The molecule has 0 saturated carbocycles. The number of likely N-dealkylation sites (tertiary alicyclic amines) is 1. The fourth-order valence-corrected chi connectivity index (χ4v) is 3.13. The van der Waals surface area contributed by atoms with Gasteiger partial charge in [-0.1, -0.05) is 0 Å². The molecule has 1 aromatic rings. The predicted octanol–water partition coefficient (Wildman–Crippen LogP) is 0.748. The van der Waals surface area contributed by atoms with E-state index >= 15 is 0 Å². The summed E-state index contributed by atoms with van der Waals surface area (Å²) in [6.45, 7) is 1.35.